The van der Waals surface area contributed by atoms with Crippen molar-refractivity contribution in [3.8, 4) is 0 Å². The lowest BCUT2D eigenvalue weighted by atomic mass is 10.0. The van der Waals surface area contributed by atoms with Gasteiger partial charge in [-0.3, -0.25) is 9.59 Å². The summed E-state index contributed by atoms with van der Waals surface area (Å²) in [6.07, 6.45) is 36.4. The van der Waals surface area contributed by atoms with Crippen molar-refractivity contribution >= 4 is 11.9 Å². The van der Waals surface area contributed by atoms with Crippen molar-refractivity contribution < 1.29 is 19.4 Å². The third-order valence-corrected chi connectivity index (χ3v) is 7.74. The number of aliphatic carboxylic acids is 1. The molecule has 39 heavy (non-hydrogen) atoms. The highest BCUT2D eigenvalue weighted by atomic mass is 16.5. The average Bonchev–Trinajstić information content (AvgIpc) is 2.91. The van der Waals surface area contributed by atoms with E-state index < -0.39 is 5.97 Å². The van der Waals surface area contributed by atoms with Crippen LogP contribution >= 0.6 is 0 Å². The van der Waals surface area contributed by atoms with Crippen LogP contribution in [0, 0.1) is 0 Å². The molecule has 4 heteroatoms. The second-order valence-electron chi connectivity index (χ2n) is 11.7. The van der Waals surface area contributed by atoms with Gasteiger partial charge in [-0.2, -0.15) is 0 Å². The van der Waals surface area contributed by atoms with Crippen molar-refractivity contribution in [2.45, 2.75) is 200 Å². The lowest BCUT2D eigenvalue weighted by molar-refractivity contribution is -0.150. The summed E-state index contributed by atoms with van der Waals surface area (Å²) in [6.45, 7) is 4.52. The standard InChI is InChI=1S/C35H66O4/c1-3-5-7-9-11-13-15-16-17-18-19-21-23-25-27-32-35(38)39-33(30-28-31-34(36)37)29-26-24-22-20-14-12-10-8-6-4-2/h16-17,33H,3-15,18-32H2,1-2H3,(H,36,37)/b17-16-. The van der Waals surface area contributed by atoms with E-state index in [1.165, 1.54) is 128 Å². The smallest absolute Gasteiger partial charge is 0.306 e. The number of esters is 1. The van der Waals surface area contributed by atoms with Gasteiger partial charge < -0.3 is 9.84 Å². The van der Waals surface area contributed by atoms with Gasteiger partial charge in [0.2, 0.25) is 0 Å². The highest BCUT2D eigenvalue weighted by Gasteiger charge is 2.15. The molecule has 1 unspecified atom stereocenters. The van der Waals surface area contributed by atoms with E-state index in [0.29, 0.717) is 19.3 Å². The molecule has 0 amide bonds. The van der Waals surface area contributed by atoms with Crippen LogP contribution in [0.5, 0.6) is 0 Å². The molecule has 0 aromatic carbocycles. The summed E-state index contributed by atoms with van der Waals surface area (Å²) in [4.78, 5) is 23.3. The number of carboxylic acid groups (broad SMARTS) is 1. The van der Waals surface area contributed by atoms with E-state index in [0.717, 1.165) is 25.7 Å². The van der Waals surface area contributed by atoms with Crippen LogP contribution in [0.15, 0.2) is 12.2 Å². The van der Waals surface area contributed by atoms with Gasteiger partial charge in [0, 0.05) is 12.8 Å². The van der Waals surface area contributed by atoms with Gasteiger partial charge in [-0.1, -0.05) is 135 Å². The van der Waals surface area contributed by atoms with E-state index in [9.17, 15) is 9.59 Å². The number of rotatable bonds is 31. The van der Waals surface area contributed by atoms with Crippen LogP contribution in [0.2, 0.25) is 0 Å². The Bertz CT molecular complexity index is 557. The summed E-state index contributed by atoms with van der Waals surface area (Å²) in [5, 5.41) is 8.96. The second-order valence-corrected chi connectivity index (χ2v) is 11.7. The van der Waals surface area contributed by atoms with Crippen molar-refractivity contribution in [3.63, 3.8) is 0 Å². The van der Waals surface area contributed by atoms with Gasteiger partial charge in [0.25, 0.3) is 0 Å². The van der Waals surface area contributed by atoms with Crippen molar-refractivity contribution in [2.24, 2.45) is 0 Å². The van der Waals surface area contributed by atoms with Crippen LogP contribution in [-0.2, 0) is 14.3 Å². The van der Waals surface area contributed by atoms with Gasteiger partial charge in [0.05, 0.1) is 0 Å². The minimum atomic E-state index is -0.771. The molecule has 0 saturated carbocycles. The Morgan fingerprint density at radius 3 is 1.44 bits per heavy atom. The summed E-state index contributed by atoms with van der Waals surface area (Å²) >= 11 is 0. The molecule has 0 spiro atoms. The van der Waals surface area contributed by atoms with Gasteiger partial charge in [-0.25, -0.2) is 0 Å². The molecule has 1 atom stereocenters. The van der Waals surface area contributed by atoms with Gasteiger partial charge in [-0.15, -0.1) is 0 Å². The molecule has 0 aromatic rings. The number of unbranched alkanes of at least 4 members (excludes halogenated alkanes) is 20. The van der Waals surface area contributed by atoms with Crippen LogP contribution < -0.4 is 0 Å². The van der Waals surface area contributed by atoms with Gasteiger partial charge in [-0.05, 0) is 57.8 Å². The lowest BCUT2D eigenvalue weighted by Crippen LogP contribution is -2.18. The molecular weight excluding hydrogens is 484 g/mol. The highest BCUT2D eigenvalue weighted by molar-refractivity contribution is 5.69. The van der Waals surface area contributed by atoms with Crippen molar-refractivity contribution in [3.05, 3.63) is 12.2 Å². The van der Waals surface area contributed by atoms with Crippen molar-refractivity contribution in [2.75, 3.05) is 0 Å². The Morgan fingerprint density at radius 2 is 0.949 bits per heavy atom. The van der Waals surface area contributed by atoms with Crippen LogP contribution in [0.1, 0.15) is 194 Å². The number of carbonyl (C=O) groups excluding carboxylic acids is 1. The maximum atomic E-state index is 12.4. The SMILES string of the molecule is CCCCCCCC/C=C\CCCCCCCC(=O)OC(CCCCCCCCCCCC)CCCC(=O)O. The van der Waals surface area contributed by atoms with E-state index in [2.05, 4.69) is 26.0 Å². The fourth-order valence-electron chi connectivity index (χ4n) is 5.19. The zero-order chi connectivity index (χ0) is 28.7. The first kappa shape index (κ1) is 37.7. The average molecular weight is 551 g/mol. The minimum absolute atomic E-state index is 0.0972. The molecule has 0 aliphatic carbocycles. The first-order valence-corrected chi connectivity index (χ1v) is 17.2. The van der Waals surface area contributed by atoms with Crippen LogP contribution in [-0.4, -0.2) is 23.1 Å². The first-order chi connectivity index (χ1) is 19.1. The third kappa shape index (κ3) is 31.1. The molecule has 0 aliphatic heterocycles. The number of carboxylic acids is 1. The number of carbonyl (C=O) groups is 2. The number of ether oxygens (including phenoxy) is 1. The topological polar surface area (TPSA) is 63.6 Å². The zero-order valence-corrected chi connectivity index (χ0v) is 26.2. The predicted octanol–water partition coefficient (Wildman–Crippen LogP) is 11.5. The third-order valence-electron chi connectivity index (χ3n) is 7.74. The van der Waals surface area contributed by atoms with E-state index in [4.69, 9.17) is 9.84 Å². The van der Waals surface area contributed by atoms with Gasteiger partial charge >= 0.3 is 11.9 Å². The second kappa shape index (κ2) is 31.2. The molecular formula is C35H66O4. The highest BCUT2D eigenvalue weighted by Crippen LogP contribution is 2.18. The molecule has 0 bridgehead atoms. The van der Waals surface area contributed by atoms with E-state index >= 15 is 0 Å². The monoisotopic (exact) mass is 550 g/mol. The van der Waals surface area contributed by atoms with Crippen molar-refractivity contribution in [1.29, 1.82) is 0 Å². The maximum absolute atomic E-state index is 12.4. The summed E-state index contributed by atoms with van der Waals surface area (Å²) in [5.74, 6) is -0.868. The Kier molecular flexibility index (Phi) is 30.2. The molecule has 0 saturated heterocycles. The van der Waals surface area contributed by atoms with Gasteiger partial charge in [0.1, 0.15) is 6.10 Å². The molecule has 0 heterocycles. The Labute approximate surface area is 243 Å². The summed E-state index contributed by atoms with van der Waals surface area (Å²) < 4.78 is 5.79. The summed E-state index contributed by atoms with van der Waals surface area (Å²) in [6, 6.07) is 0. The molecule has 0 radical (unpaired) electrons. The Morgan fingerprint density at radius 1 is 0.538 bits per heavy atom. The Balaban J connectivity index is 3.83. The fourth-order valence-corrected chi connectivity index (χ4v) is 5.19. The molecule has 0 aromatic heterocycles. The number of hydrogen-bond donors (Lipinski definition) is 1. The van der Waals surface area contributed by atoms with E-state index in [1.807, 2.05) is 0 Å². The maximum Gasteiger partial charge on any atom is 0.306 e. The number of allylic oxidation sites excluding steroid dienone is 2. The summed E-state index contributed by atoms with van der Waals surface area (Å²) in [7, 11) is 0. The van der Waals surface area contributed by atoms with Crippen LogP contribution in [0.4, 0.5) is 0 Å². The quantitative estimate of drug-likeness (QED) is 0.0529. The zero-order valence-electron chi connectivity index (χ0n) is 26.2. The Hall–Kier alpha value is -1.32. The first-order valence-electron chi connectivity index (χ1n) is 17.2. The molecule has 230 valence electrons. The molecule has 0 fully saturated rings. The number of hydrogen-bond acceptors (Lipinski definition) is 3. The molecule has 1 N–H and O–H groups in total. The fraction of sp³-hybridized carbons (Fsp3) is 0.886. The summed E-state index contributed by atoms with van der Waals surface area (Å²) in [5.41, 5.74) is 0. The lowest BCUT2D eigenvalue weighted by Gasteiger charge is -2.18. The molecule has 0 aliphatic rings. The largest absolute Gasteiger partial charge is 0.481 e. The van der Waals surface area contributed by atoms with E-state index in [1.54, 1.807) is 0 Å². The predicted molar refractivity (Wildman–Crippen MR) is 167 cm³/mol. The van der Waals surface area contributed by atoms with E-state index in [-0.39, 0.29) is 18.5 Å². The van der Waals surface area contributed by atoms with Crippen LogP contribution in [0.3, 0.4) is 0 Å². The van der Waals surface area contributed by atoms with Crippen molar-refractivity contribution in [1.82, 2.24) is 0 Å². The molecule has 4 nitrogen and oxygen atoms in total. The normalized spacial score (nSPS) is 12.3. The van der Waals surface area contributed by atoms with Gasteiger partial charge in [0.15, 0.2) is 0 Å². The van der Waals surface area contributed by atoms with Crippen LogP contribution in [0.25, 0.3) is 0 Å². The minimum Gasteiger partial charge on any atom is -0.481 e. The molecule has 0 rings (SSSR count).